The number of aryl methyl sites for hydroxylation is 1. The minimum Gasteiger partial charge on any atom is -0.345 e. The molecule has 1 fully saturated rings. The Labute approximate surface area is 128 Å². The highest BCUT2D eigenvalue weighted by Gasteiger charge is 2.17. The molecule has 0 aliphatic carbocycles. The van der Waals surface area contributed by atoms with Crippen molar-refractivity contribution in [2.45, 2.75) is 33.4 Å². The number of aromatic nitrogens is 1. The van der Waals surface area contributed by atoms with E-state index in [4.69, 9.17) is 0 Å². The number of hydrogen-bond acceptors (Lipinski definition) is 2. The van der Waals surface area contributed by atoms with Crippen LogP contribution >= 0.6 is 0 Å². The summed E-state index contributed by atoms with van der Waals surface area (Å²) < 4.78 is 2.42. The van der Waals surface area contributed by atoms with Crippen LogP contribution in [0.4, 0.5) is 0 Å². The van der Waals surface area contributed by atoms with Crippen LogP contribution in [0.2, 0.25) is 0 Å². The van der Waals surface area contributed by atoms with Crippen LogP contribution in [-0.2, 0) is 6.54 Å². The Kier molecular flexibility index (Phi) is 4.05. The monoisotopic (exact) mass is 285 g/mol. The van der Waals surface area contributed by atoms with Crippen LogP contribution in [0.5, 0.6) is 0 Å². The van der Waals surface area contributed by atoms with Crippen molar-refractivity contribution in [3.05, 3.63) is 35.5 Å². The molecule has 2 aromatic rings. The molecular formula is C18H27N3. The third kappa shape index (κ3) is 2.99. The molecule has 0 unspecified atom stereocenters. The van der Waals surface area contributed by atoms with Crippen molar-refractivity contribution >= 4 is 10.9 Å². The van der Waals surface area contributed by atoms with Crippen molar-refractivity contribution in [1.29, 1.82) is 0 Å². The van der Waals surface area contributed by atoms with Gasteiger partial charge in [0, 0.05) is 55.9 Å². The van der Waals surface area contributed by atoms with Crippen LogP contribution in [0, 0.1) is 6.92 Å². The minimum absolute atomic E-state index is 0.511. The molecular weight excluding hydrogens is 258 g/mol. The first-order valence-corrected chi connectivity index (χ1v) is 8.05. The first kappa shape index (κ1) is 14.6. The molecule has 3 nitrogen and oxygen atoms in total. The summed E-state index contributed by atoms with van der Waals surface area (Å²) in [5.74, 6) is 0. The number of hydrogen-bond donors (Lipinski definition) is 0. The number of nitrogens with zero attached hydrogens (tertiary/aromatic N) is 3. The third-order valence-corrected chi connectivity index (χ3v) is 4.62. The molecule has 2 heterocycles. The van der Waals surface area contributed by atoms with E-state index < -0.39 is 0 Å². The molecule has 0 saturated carbocycles. The Morgan fingerprint density at radius 1 is 1.10 bits per heavy atom. The van der Waals surface area contributed by atoms with Gasteiger partial charge in [0.1, 0.15) is 0 Å². The SMILES string of the molecule is Cc1ccc2c(c1)c(CN1CCN(C)CC1)cn2C(C)C. The second kappa shape index (κ2) is 5.82. The van der Waals surface area contributed by atoms with Crippen LogP contribution in [0.15, 0.2) is 24.4 Å². The van der Waals surface area contributed by atoms with Gasteiger partial charge in [-0.25, -0.2) is 0 Å². The largest absolute Gasteiger partial charge is 0.345 e. The van der Waals surface area contributed by atoms with E-state index in [1.165, 1.54) is 48.2 Å². The quantitative estimate of drug-likeness (QED) is 0.857. The van der Waals surface area contributed by atoms with E-state index in [-0.39, 0.29) is 0 Å². The summed E-state index contributed by atoms with van der Waals surface area (Å²) in [6.07, 6.45) is 2.37. The fraction of sp³-hybridized carbons (Fsp3) is 0.556. The van der Waals surface area contributed by atoms with Crippen molar-refractivity contribution in [2.24, 2.45) is 0 Å². The molecule has 1 aromatic carbocycles. The average Bonchev–Trinajstić information content (AvgIpc) is 2.80. The van der Waals surface area contributed by atoms with E-state index in [0.717, 1.165) is 6.54 Å². The summed E-state index contributed by atoms with van der Waals surface area (Å²) in [7, 11) is 2.21. The fourth-order valence-corrected chi connectivity index (χ4v) is 3.24. The van der Waals surface area contributed by atoms with Gasteiger partial charge in [-0.1, -0.05) is 11.6 Å². The minimum atomic E-state index is 0.511. The molecule has 3 heteroatoms. The van der Waals surface area contributed by atoms with Gasteiger partial charge in [0.2, 0.25) is 0 Å². The summed E-state index contributed by atoms with van der Waals surface area (Å²) in [5, 5.41) is 1.43. The zero-order valence-corrected chi connectivity index (χ0v) is 13.8. The fourth-order valence-electron chi connectivity index (χ4n) is 3.24. The molecule has 1 aliphatic rings. The molecule has 21 heavy (non-hydrogen) atoms. The van der Waals surface area contributed by atoms with Gasteiger partial charge in [0.15, 0.2) is 0 Å². The van der Waals surface area contributed by atoms with E-state index in [1.807, 2.05) is 0 Å². The lowest BCUT2D eigenvalue weighted by Crippen LogP contribution is -2.43. The second-order valence-electron chi connectivity index (χ2n) is 6.76. The highest BCUT2D eigenvalue weighted by Crippen LogP contribution is 2.27. The highest BCUT2D eigenvalue weighted by molar-refractivity contribution is 5.84. The van der Waals surface area contributed by atoms with Gasteiger partial charge < -0.3 is 9.47 Å². The predicted molar refractivity (Wildman–Crippen MR) is 89.8 cm³/mol. The number of rotatable bonds is 3. The van der Waals surface area contributed by atoms with Crippen LogP contribution in [0.1, 0.15) is 31.0 Å². The van der Waals surface area contributed by atoms with Gasteiger partial charge in [-0.15, -0.1) is 0 Å². The van der Waals surface area contributed by atoms with E-state index in [9.17, 15) is 0 Å². The van der Waals surface area contributed by atoms with Gasteiger partial charge in [-0.05, 0) is 45.5 Å². The molecule has 0 amide bonds. The molecule has 0 bridgehead atoms. The van der Waals surface area contributed by atoms with Crippen LogP contribution in [0.25, 0.3) is 10.9 Å². The first-order valence-electron chi connectivity index (χ1n) is 8.05. The zero-order valence-electron chi connectivity index (χ0n) is 13.8. The van der Waals surface area contributed by atoms with Gasteiger partial charge in [-0.2, -0.15) is 0 Å². The smallest absolute Gasteiger partial charge is 0.0486 e. The summed E-state index contributed by atoms with van der Waals surface area (Å²) in [4.78, 5) is 5.00. The summed E-state index contributed by atoms with van der Waals surface area (Å²) in [6, 6.07) is 7.36. The van der Waals surface area contributed by atoms with Crippen LogP contribution in [-0.4, -0.2) is 47.6 Å². The number of fused-ring (bicyclic) bond motifs is 1. The highest BCUT2D eigenvalue weighted by atomic mass is 15.2. The summed E-state index contributed by atoms with van der Waals surface area (Å²) >= 11 is 0. The lowest BCUT2D eigenvalue weighted by atomic mass is 10.1. The Morgan fingerprint density at radius 3 is 2.48 bits per heavy atom. The Hall–Kier alpha value is -1.32. The van der Waals surface area contributed by atoms with E-state index in [1.54, 1.807) is 0 Å². The topological polar surface area (TPSA) is 11.4 Å². The lowest BCUT2D eigenvalue weighted by molar-refractivity contribution is 0.148. The Balaban J connectivity index is 1.92. The van der Waals surface area contributed by atoms with Crippen molar-refractivity contribution in [3.8, 4) is 0 Å². The molecule has 1 aliphatic heterocycles. The number of likely N-dealkylation sites (N-methyl/N-ethyl adjacent to an activating group) is 1. The molecule has 0 atom stereocenters. The van der Waals surface area contributed by atoms with Gasteiger partial charge >= 0.3 is 0 Å². The predicted octanol–water partition coefficient (Wildman–Crippen LogP) is 3.28. The van der Waals surface area contributed by atoms with Crippen molar-refractivity contribution < 1.29 is 0 Å². The first-order chi connectivity index (χ1) is 10.0. The van der Waals surface area contributed by atoms with E-state index in [2.05, 4.69) is 66.6 Å². The molecule has 0 spiro atoms. The van der Waals surface area contributed by atoms with Gasteiger partial charge in [-0.3, -0.25) is 4.90 Å². The summed E-state index contributed by atoms with van der Waals surface area (Å²) in [6.45, 7) is 12.5. The molecule has 3 rings (SSSR count). The van der Waals surface area contributed by atoms with Crippen molar-refractivity contribution in [3.63, 3.8) is 0 Å². The standard InChI is InChI=1S/C18H27N3/c1-14(2)21-13-16(12-20-9-7-19(4)8-10-20)17-11-15(3)5-6-18(17)21/h5-6,11,13-14H,7-10,12H2,1-4H3. The van der Waals surface area contributed by atoms with Gasteiger partial charge in [0.05, 0.1) is 0 Å². The normalized spacial score (nSPS) is 18.0. The third-order valence-electron chi connectivity index (χ3n) is 4.62. The maximum atomic E-state index is 2.59. The zero-order chi connectivity index (χ0) is 15.0. The average molecular weight is 285 g/mol. The summed E-state index contributed by atoms with van der Waals surface area (Å²) in [5.41, 5.74) is 4.20. The molecule has 114 valence electrons. The maximum absolute atomic E-state index is 2.59. The van der Waals surface area contributed by atoms with Crippen LogP contribution in [0.3, 0.4) is 0 Å². The molecule has 0 N–H and O–H groups in total. The van der Waals surface area contributed by atoms with Gasteiger partial charge in [0.25, 0.3) is 0 Å². The Morgan fingerprint density at radius 2 is 1.81 bits per heavy atom. The van der Waals surface area contributed by atoms with Crippen molar-refractivity contribution in [2.75, 3.05) is 33.2 Å². The maximum Gasteiger partial charge on any atom is 0.0486 e. The number of benzene rings is 1. The second-order valence-corrected chi connectivity index (χ2v) is 6.76. The molecule has 1 saturated heterocycles. The van der Waals surface area contributed by atoms with Crippen molar-refractivity contribution in [1.82, 2.24) is 14.4 Å². The number of piperazine rings is 1. The van der Waals surface area contributed by atoms with E-state index >= 15 is 0 Å². The lowest BCUT2D eigenvalue weighted by Gasteiger charge is -2.32. The van der Waals surface area contributed by atoms with Crippen LogP contribution < -0.4 is 0 Å². The Bertz CT molecular complexity index is 619. The van der Waals surface area contributed by atoms with E-state index in [0.29, 0.717) is 6.04 Å². The molecule has 1 aromatic heterocycles. The molecule has 0 radical (unpaired) electrons.